The highest BCUT2D eigenvalue weighted by molar-refractivity contribution is 7.17. The fraction of sp³-hybridized carbons (Fsp3) is 0.455. The minimum atomic E-state index is -1.28. The SMILES string of the molecule is Cc1nc(NC(=O)CCC(=O)[O-])sc1C(=O)N(C)C. The van der Waals surface area contributed by atoms with Gasteiger partial charge in [-0.1, -0.05) is 11.3 Å². The molecule has 7 nitrogen and oxygen atoms in total. The van der Waals surface area contributed by atoms with Gasteiger partial charge in [0, 0.05) is 26.5 Å². The number of aromatic nitrogens is 1. The molecule has 0 aliphatic rings. The summed E-state index contributed by atoms with van der Waals surface area (Å²) in [7, 11) is 3.25. The highest BCUT2D eigenvalue weighted by Gasteiger charge is 2.17. The van der Waals surface area contributed by atoms with Gasteiger partial charge in [-0.15, -0.1) is 0 Å². The molecule has 19 heavy (non-hydrogen) atoms. The minimum Gasteiger partial charge on any atom is -0.550 e. The van der Waals surface area contributed by atoms with Crippen LogP contribution in [-0.2, 0) is 9.59 Å². The average molecular weight is 284 g/mol. The Balaban J connectivity index is 2.71. The molecule has 1 N–H and O–H groups in total. The van der Waals surface area contributed by atoms with Gasteiger partial charge in [0.25, 0.3) is 5.91 Å². The largest absolute Gasteiger partial charge is 0.550 e. The summed E-state index contributed by atoms with van der Waals surface area (Å²) in [4.78, 5) is 39.3. The second-order valence-electron chi connectivity index (χ2n) is 4.05. The molecule has 0 unspecified atom stereocenters. The van der Waals surface area contributed by atoms with E-state index in [1.807, 2.05) is 0 Å². The van der Waals surface area contributed by atoms with Crippen molar-refractivity contribution >= 4 is 34.3 Å². The number of amides is 2. The Morgan fingerprint density at radius 3 is 2.47 bits per heavy atom. The Morgan fingerprint density at radius 2 is 1.95 bits per heavy atom. The van der Waals surface area contributed by atoms with Crippen LogP contribution in [0.5, 0.6) is 0 Å². The minimum absolute atomic E-state index is 0.183. The number of aliphatic carboxylic acids is 1. The highest BCUT2D eigenvalue weighted by Crippen LogP contribution is 2.23. The van der Waals surface area contributed by atoms with E-state index in [9.17, 15) is 19.5 Å². The number of hydrogen-bond acceptors (Lipinski definition) is 6. The molecular weight excluding hydrogens is 270 g/mol. The molecule has 104 valence electrons. The summed E-state index contributed by atoms with van der Waals surface area (Å²) in [5, 5.41) is 13.0. The molecule has 0 saturated carbocycles. The zero-order valence-corrected chi connectivity index (χ0v) is 11.7. The molecule has 0 spiro atoms. The van der Waals surface area contributed by atoms with Crippen LogP contribution in [0.3, 0.4) is 0 Å². The fourth-order valence-electron chi connectivity index (χ4n) is 1.25. The van der Waals surface area contributed by atoms with Gasteiger partial charge in [-0.25, -0.2) is 4.98 Å². The molecule has 0 aliphatic heterocycles. The molecule has 0 aromatic carbocycles. The van der Waals surface area contributed by atoms with Gasteiger partial charge in [0.15, 0.2) is 5.13 Å². The number of carbonyl (C=O) groups is 3. The normalized spacial score (nSPS) is 10.1. The molecular formula is C11H14N3O4S-. The number of anilines is 1. The maximum Gasteiger partial charge on any atom is 0.265 e. The van der Waals surface area contributed by atoms with E-state index in [1.165, 1.54) is 4.90 Å². The van der Waals surface area contributed by atoms with Crippen LogP contribution in [-0.4, -0.2) is 41.8 Å². The summed E-state index contributed by atoms with van der Waals surface area (Å²) in [6.07, 6.45) is -0.530. The molecule has 0 atom stereocenters. The number of carbonyl (C=O) groups excluding carboxylic acids is 3. The summed E-state index contributed by atoms with van der Waals surface area (Å²) in [6, 6.07) is 0. The molecule has 1 heterocycles. The smallest absolute Gasteiger partial charge is 0.265 e. The van der Waals surface area contributed by atoms with Crippen molar-refractivity contribution in [3.8, 4) is 0 Å². The van der Waals surface area contributed by atoms with Crippen LogP contribution in [0, 0.1) is 6.92 Å². The van der Waals surface area contributed by atoms with E-state index in [-0.39, 0.29) is 23.9 Å². The van der Waals surface area contributed by atoms with Crippen LogP contribution in [0.15, 0.2) is 0 Å². The molecule has 0 radical (unpaired) electrons. The molecule has 1 rings (SSSR count). The van der Waals surface area contributed by atoms with Gasteiger partial charge in [0.2, 0.25) is 5.91 Å². The fourth-order valence-corrected chi connectivity index (χ4v) is 2.25. The zero-order chi connectivity index (χ0) is 14.6. The van der Waals surface area contributed by atoms with Gasteiger partial charge >= 0.3 is 0 Å². The molecule has 0 fully saturated rings. The second-order valence-corrected chi connectivity index (χ2v) is 5.05. The third-order valence-electron chi connectivity index (χ3n) is 2.20. The second kappa shape index (κ2) is 6.28. The Kier molecular flexibility index (Phi) is 4.99. The lowest BCUT2D eigenvalue weighted by molar-refractivity contribution is -0.305. The lowest BCUT2D eigenvalue weighted by Crippen LogP contribution is -2.24. The van der Waals surface area contributed by atoms with E-state index < -0.39 is 11.9 Å². The molecule has 8 heteroatoms. The first-order valence-corrected chi connectivity index (χ1v) is 6.31. The van der Waals surface area contributed by atoms with E-state index in [2.05, 4.69) is 10.3 Å². The monoisotopic (exact) mass is 284 g/mol. The summed E-state index contributed by atoms with van der Waals surface area (Å²) in [6.45, 7) is 1.67. The summed E-state index contributed by atoms with van der Waals surface area (Å²) >= 11 is 1.06. The first-order chi connectivity index (χ1) is 8.81. The van der Waals surface area contributed by atoms with Gasteiger partial charge in [0.1, 0.15) is 4.88 Å². The van der Waals surface area contributed by atoms with Crippen molar-refractivity contribution in [1.82, 2.24) is 9.88 Å². The van der Waals surface area contributed by atoms with Gasteiger partial charge in [-0.3, -0.25) is 9.59 Å². The number of carboxylic acid groups (broad SMARTS) is 1. The standard InChI is InChI=1S/C11H15N3O4S/c1-6-9(10(18)14(2)3)19-11(12-6)13-7(15)4-5-8(16)17/h4-5H2,1-3H3,(H,16,17)(H,12,13,15)/p-1. The van der Waals surface area contributed by atoms with Crippen molar-refractivity contribution in [2.75, 3.05) is 19.4 Å². The maximum atomic E-state index is 11.8. The lowest BCUT2D eigenvalue weighted by atomic mass is 10.3. The number of nitrogens with zero attached hydrogens (tertiary/aromatic N) is 2. The summed E-state index contributed by atoms with van der Waals surface area (Å²) in [5.74, 6) is -1.94. The quantitative estimate of drug-likeness (QED) is 0.794. The third kappa shape index (κ3) is 4.32. The van der Waals surface area contributed by atoms with Crippen molar-refractivity contribution in [2.24, 2.45) is 0 Å². The number of nitrogens with one attached hydrogen (secondary N) is 1. The Hall–Kier alpha value is -1.96. The number of aryl methyl sites for hydroxylation is 1. The molecule has 0 aliphatic carbocycles. The lowest BCUT2D eigenvalue weighted by Gasteiger charge is -2.07. The predicted molar refractivity (Wildman–Crippen MR) is 67.7 cm³/mol. The van der Waals surface area contributed by atoms with E-state index in [0.717, 1.165) is 11.3 Å². The van der Waals surface area contributed by atoms with E-state index >= 15 is 0 Å². The van der Waals surface area contributed by atoms with Crippen molar-refractivity contribution < 1.29 is 19.5 Å². The molecule has 1 aromatic rings. The maximum absolute atomic E-state index is 11.8. The van der Waals surface area contributed by atoms with E-state index in [0.29, 0.717) is 10.6 Å². The van der Waals surface area contributed by atoms with Crippen LogP contribution in [0.1, 0.15) is 28.2 Å². The Bertz CT molecular complexity index is 510. The first kappa shape index (κ1) is 15.1. The van der Waals surface area contributed by atoms with Crippen LogP contribution < -0.4 is 10.4 Å². The number of hydrogen-bond donors (Lipinski definition) is 1. The van der Waals surface area contributed by atoms with Crippen molar-refractivity contribution in [2.45, 2.75) is 19.8 Å². The van der Waals surface area contributed by atoms with Crippen LogP contribution >= 0.6 is 11.3 Å². The Labute approximate surface area is 114 Å². The van der Waals surface area contributed by atoms with Gasteiger partial charge in [-0.2, -0.15) is 0 Å². The van der Waals surface area contributed by atoms with E-state index in [4.69, 9.17) is 0 Å². The number of thiazole rings is 1. The average Bonchev–Trinajstić information content (AvgIpc) is 2.66. The summed E-state index contributed by atoms with van der Waals surface area (Å²) in [5.41, 5.74) is 0.527. The number of carboxylic acids is 1. The molecule has 0 saturated heterocycles. The van der Waals surface area contributed by atoms with Crippen molar-refractivity contribution in [1.29, 1.82) is 0 Å². The molecule has 1 aromatic heterocycles. The van der Waals surface area contributed by atoms with Crippen LogP contribution in [0.25, 0.3) is 0 Å². The van der Waals surface area contributed by atoms with Crippen molar-refractivity contribution in [3.05, 3.63) is 10.6 Å². The molecule has 0 bridgehead atoms. The summed E-state index contributed by atoms with van der Waals surface area (Å²) < 4.78 is 0. The topological polar surface area (TPSA) is 102 Å². The van der Waals surface area contributed by atoms with Crippen molar-refractivity contribution in [3.63, 3.8) is 0 Å². The predicted octanol–water partition coefficient (Wildman–Crippen LogP) is -0.378. The molecule has 2 amide bonds. The zero-order valence-electron chi connectivity index (χ0n) is 10.8. The Morgan fingerprint density at radius 1 is 1.32 bits per heavy atom. The van der Waals surface area contributed by atoms with E-state index in [1.54, 1.807) is 21.0 Å². The highest BCUT2D eigenvalue weighted by atomic mass is 32.1. The van der Waals surface area contributed by atoms with Crippen LogP contribution in [0.4, 0.5) is 5.13 Å². The van der Waals surface area contributed by atoms with Gasteiger partial charge in [0.05, 0.1) is 5.69 Å². The number of rotatable bonds is 5. The third-order valence-corrected chi connectivity index (χ3v) is 3.26. The van der Waals surface area contributed by atoms with Gasteiger partial charge < -0.3 is 20.1 Å². The van der Waals surface area contributed by atoms with Gasteiger partial charge in [-0.05, 0) is 13.3 Å². The van der Waals surface area contributed by atoms with Crippen LogP contribution in [0.2, 0.25) is 0 Å². The first-order valence-electron chi connectivity index (χ1n) is 5.50.